The smallest absolute Gasteiger partial charge is 0.105 e. The minimum atomic E-state index is 0.807. The van der Waals surface area contributed by atoms with E-state index in [1.165, 1.54) is 25.9 Å². The van der Waals surface area contributed by atoms with E-state index in [9.17, 15) is 0 Å². The van der Waals surface area contributed by atoms with E-state index < -0.39 is 0 Å². The van der Waals surface area contributed by atoms with Crippen molar-refractivity contribution in [1.82, 2.24) is 14.5 Å². The Bertz CT molecular complexity index is 292. The van der Waals surface area contributed by atoms with Crippen LogP contribution in [0, 0.1) is 12.8 Å². The van der Waals surface area contributed by atoms with E-state index in [0.717, 1.165) is 18.3 Å². The van der Waals surface area contributed by atoms with Gasteiger partial charge in [0.25, 0.3) is 0 Å². The fraction of sp³-hybridized carbons (Fsp3) is 0.727. The molecule has 1 aromatic heterocycles. The highest BCUT2D eigenvalue weighted by Crippen LogP contribution is 2.17. The second-order valence-electron chi connectivity index (χ2n) is 4.40. The Morgan fingerprint density at radius 1 is 1.57 bits per heavy atom. The molecule has 78 valence electrons. The molecule has 0 N–H and O–H groups in total. The summed E-state index contributed by atoms with van der Waals surface area (Å²) >= 11 is 0. The minimum Gasteiger partial charge on any atom is -0.335 e. The zero-order valence-corrected chi connectivity index (χ0v) is 9.11. The number of rotatable bonds is 2. The summed E-state index contributed by atoms with van der Waals surface area (Å²) < 4.78 is 2.27. The highest BCUT2D eigenvalue weighted by atomic mass is 15.1. The summed E-state index contributed by atoms with van der Waals surface area (Å²) in [6.07, 6.45) is 6.68. The first-order valence-corrected chi connectivity index (χ1v) is 5.42. The van der Waals surface area contributed by atoms with E-state index in [4.69, 9.17) is 0 Å². The van der Waals surface area contributed by atoms with Gasteiger partial charge < -0.3 is 9.47 Å². The fourth-order valence-electron chi connectivity index (χ4n) is 2.30. The largest absolute Gasteiger partial charge is 0.335 e. The van der Waals surface area contributed by atoms with Crippen molar-refractivity contribution in [3.05, 3.63) is 18.2 Å². The molecule has 0 aliphatic carbocycles. The maximum Gasteiger partial charge on any atom is 0.105 e. The third kappa shape index (κ3) is 2.15. The van der Waals surface area contributed by atoms with E-state index in [2.05, 4.69) is 34.6 Å². The predicted molar refractivity (Wildman–Crippen MR) is 57.2 cm³/mol. The Labute approximate surface area is 85.7 Å². The molecule has 0 spiro atoms. The van der Waals surface area contributed by atoms with Crippen LogP contribution < -0.4 is 0 Å². The predicted octanol–water partition coefficient (Wildman–Crippen LogP) is 1.53. The van der Waals surface area contributed by atoms with Crippen LogP contribution in [0.3, 0.4) is 0 Å². The van der Waals surface area contributed by atoms with Gasteiger partial charge in [0.15, 0.2) is 0 Å². The molecule has 3 nitrogen and oxygen atoms in total. The molecule has 0 bridgehead atoms. The topological polar surface area (TPSA) is 21.1 Å². The van der Waals surface area contributed by atoms with E-state index >= 15 is 0 Å². The minimum absolute atomic E-state index is 0.807. The number of hydrogen-bond acceptors (Lipinski definition) is 2. The molecule has 1 fully saturated rings. The average molecular weight is 193 g/mol. The monoisotopic (exact) mass is 193 g/mol. The molecule has 2 heterocycles. The summed E-state index contributed by atoms with van der Waals surface area (Å²) in [5.41, 5.74) is 0. The molecule has 1 aliphatic heterocycles. The van der Waals surface area contributed by atoms with Gasteiger partial charge in [-0.05, 0) is 39.3 Å². The summed E-state index contributed by atoms with van der Waals surface area (Å²) in [7, 11) is 2.22. The lowest BCUT2D eigenvalue weighted by atomic mass is 9.98. The molecule has 3 heteroatoms. The van der Waals surface area contributed by atoms with Gasteiger partial charge in [-0.25, -0.2) is 4.98 Å². The molecule has 1 saturated heterocycles. The van der Waals surface area contributed by atoms with Gasteiger partial charge in [0.05, 0.1) is 0 Å². The van der Waals surface area contributed by atoms with Crippen molar-refractivity contribution in [2.45, 2.75) is 26.3 Å². The van der Waals surface area contributed by atoms with Gasteiger partial charge in [0.1, 0.15) is 5.82 Å². The molecule has 0 radical (unpaired) electrons. The van der Waals surface area contributed by atoms with Crippen LogP contribution >= 0.6 is 0 Å². The van der Waals surface area contributed by atoms with Crippen LogP contribution in [0.2, 0.25) is 0 Å². The maximum atomic E-state index is 4.25. The Hall–Kier alpha value is -0.830. The van der Waals surface area contributed by atoms with Crippen LogP contribution in [0.5, 0.6) is 0 Å². The first-order chi connectivity index (χ1) is 6.75. The normalized spacial score (nSPS) is 24.0. The number of hydrogen-bond donors (Lipinski definition) is 0. The lowest BCUT2D eigenvalue weighted by molar-refractivity contribution is 0.194. The zero-order chi connectivity index (χ0) is 9.97. The molecule has 0 amide bonds. The third-order valence-corrected chi connectivity index (χ3v) is 3.10. The van der Waals surface area contributed by atoms with Crippen molar-refractivity contribution in [2.24, 2.45) is 5.92 Å². The molecule has 1 atom stereocenters. The number of likely N-dealkylation sites (tertiary alicyclic amines) is 1. The Morgan fingerprint density at radius 3 is 3.07 bits per heavy atom. The van der Waals surface area contributed by atoms with Gasteiger partial charge in [-0.15, -0.1) is 0 Å². The summed E-state index contributed by atoms with van der Waals surface area (Å²) in [5.74, 6) is 1.94. The number of nitrogens with zero attached hydrogens (tertiary/aromatic N) is 3. The molecular weight excluding hydrogens is 174 g/mol. The van der Waals surface area contributed by atoms with E-state index in [1.54, 1.807) is 0 Å². The second-order valence-corrected chi connectivity index (χ2v) is 4.40. The molecule has 0 saturated carbocycles. The number of imidazole rings is 1. The molecule has 2 rings (SSSR count). The van der Waals surface area contributed by atoms with Gasteiger partial charge in [0.2, 0.25) is 0 Å². The van der Waals surface area contributed by atoms with Crippen molar-refractivity contribution >= 4 is 0 Å². The van der Waals surface area contributed by atoms with Crippen molar-refractivity contribution < 1.29 is 0 Å². The first kappa shape index (κ1) is 9.71. The second kappa shape index (κ2) is 4.13. The third-order valence-electron chi connectivity index (χ3n) is 3.10. The van der Waals surface area contributed by atoms with Crippen LogP contribution in [0.15, 0.2) is 12.4 Å². The van der Waals surface area contributed by atoms with Crippen LogP contribution in [-0.2, 0) is 6.54 Å². The Morgan fingerprint density at radius 2 is 2.43 bits per heavy atom. The van der Waals surface area contributed by atoms with Gasteiger partial charge in [0, 0.05) is 25.5 Å². The number of aryl methyl sites for hydroxylation is 1. The van der Waals surface area contributed by atoms with Gasteiger partial charge >= 0.3 is 0 Å². The number of piperidine rings is 1. The van der Waals surface area contributed by atoms with Crippen molar-refractivity contribution in [1.29, 1.82) is 0 Å². The van der Waals surface area contributed by atoms with Gasteiger partial charge in [-0.2, -0.15) is 0 Å². The van der Waals surface area contributed by atoms with Crippen molar-refractivity contribution in [3.8, 4) is 0 Å². The standard InChI is InChI=1S/C11H19N3/c1-10-12-5-7-14(10)9-11-4-3-6-13(2)8-11/h5,7,11H,3-4,6,8-9H2,1-2H3. The Balaban J connectivity index is 1.94. The maximum absolute atomic E-state index is 4.25. The lowest BCUT2D eigenvalue weighted by Gasteiger charge is -2.30. The molecular formula is C11H19N3. The molecule has 1 aromatic rings. The van der Waals surface area contributed by atoms with E-state index in [-0.39, 0.29) is 0 Å². The summed E-state index contributed by atoms with van der Waals surface area (Å²) in [4.78, 5) is 6.68. The summed E-state index contributed by atoms with van der Waals surface area (Å²) in [6.45, 7) is 5.71. The Kier molecular flexibility index (Phi) is 2.87. The zero-order valence-electron chi connectivity index (χ0n) is 9.11. The quantitative estimate of drug-likeness (QED) is 0.710. The highest BCUT2D eigenvalue weighted by Gasteiger charge is 2.17. The molecule has 0 aromatic carbocycles. The lowest BCUT2D eigenvalue weighted by Crippen LogP contribution is -2.34. The van der Waals surface area contributed by atoms with Crippen LogP contribution in [0.1, 0.15) is 18.7 Å². The summed E-state index contributed by atoms with van der Waals surface area (Å²) in [5, 5.41) is 0. The van der Waals surface area contributed by atoms with E-state index in [0.29, 0.717) is 0 Å². The molecule has 14 heavy (non-hydrogen) atoms. The fourth-order valence-corrected chi connectivity index (χ4v) is 2.30. The first-order valence-electron chi connectivity index (χ1n) is 5.42. The van der Waals surface area contributed by atoms with Crippen molar-refractivity contribution in [3.63, 3.8) is 0 Å². The van der Waals surface area contributed by atoms with Gasteiger partial charge in [-0.1, -0.05) is 0 Å². The highest BCUT2D eigenvalue weighted by molar-refractivity contribution is 4.89. The summed E-state index contributed by atoms with van der Waals surface area (Å²) in [6, 6.07) is 0. The van der Waals surface area contributed by atoms with Gasteiger partial charge in [-0.3, -0.25) is 0 Å². The average Bonchev–Trinajstić information content (AvgIpc) is 2.52. The SMILES string of the molecule is Cc1nccn1CC1CCCN(C)C1. The van der Waals surface area contributed by atoms with Crippen LogP contribution in [0.25, 0.3) is 0 Å². The van der Waals surface area contributed by atoms with Crippen LogP contribution in [-0.4, -0.2) is 34.6 Å². The van der Waals surface area contributed by atoms with Crippen molar-refractivity contribution in [2.75, 3.05) is 20.1 Å². The molecule has 1 aliphatic rings. The number of aromatic nitrogens is 2. The van der Waals surface area contributed by atoms with Crippen LogP contribution in [0.4, 0.5) is 0 Å². The molecule has 1 unspecified atom stereocenters. The van der Waals surface area contributed by atoms with E-state index in [1.807, 2.05) is 6.20 Å².